The summed E-state index contributed by atoms with van der Waals surface area (Å²) in [7, 11) is 1.69. The molecule has 0 spiro atoms. The molecule has 0 amide bonds. The van der Waals surface area contributed by atoms with Gasteiger partial charge in [-0.15, -0.1) is 23.4 Å². The Bertz CT molecular complexity index is 299. The van der Waals surface area contributed by atoms with Crippen molar-refractivity contribution in [1.29, 1.82) is 0 Å². The third-order valence-corrected chi connectivity index (χ3v) is 3.09. The summed E-state index contributed by atoms with van der Waals surface area (Å²) < 4.78 is 5.22. The van der Waals surface area contributed by atoms with Crippen LogP contribution in [-0.2, 0) is 0 Å². The molecular formula is C10H13ClOS. The molecule has 72 valence electrons. The van der Waals surface area contributed by atoms with Gasteiger partial charge in [-0.2, -0.15) is 0 Å². The van der Waals surface area contributed by atoms with Gasteiger partial charge < -0.3 is 4.74 Å². The maximum atomic E-state index is 5.67. The predicted molar refractivity (Wildman–Crippen MR) is 59.0 cm³/mol. The van der Waals surface area contributed by atoms with Crippen LogP contribution in [0.4, 0.5) is 0 Å². The lowest BCUT2D eigenvalue weighted by Crippen LogP contribution is -1.90. The number of methoxy groups -OCH3 is 1. The molecule has 0 atom stereocenters. The first-order chi connectivity index (χ1) is 6.19. The largest absolute Gasteiger partial charge is 0.496 e. The number of ether oxygens (including phenoxy) is 1. The number of aryl methyl sites for hydroxylation is 2. The number of thioether (sulfide) groups is 1. The monoisotopic (exact) mass is 216 g/mol. The molecular weight excluding hydrogens is 204 g/mol. The number of rotatable bonds is 3. The molecule has 0 N–H and O–H groups in total. The molecule has 0 radical (unpaired) electrons. The van der Waals surface area contributed by atoms with Crippen molar-refractivity contribution >= 4 is 23.4 Å². The molecule has 0 unspecified atom stereocenters. The summed E-state index contributed by atoms with van der Waals surface area (Å²) in [6, 6.07) is 4.16. The maximum Gasteiger partial charge on any atom is 0.122 e. The van der Waals surface area contributed by atoms with Gasteiger partial charge in [-0.3, -0.25) is 0 Å². The summed E-state index contributed by atoms with van der Waals surface area (Å²) in [6.07, 6.45) is 0. The highest BCUT2D eigenvalue weighted by atomic mass is 35.5. The molecule has 0 saturated carbocycles. The van der Waals surface area contributed by atoms with Gasteiger partial charge in [0.25, 0.3) is 0 Å². The van der Waals surface area contributed by atoms with Gasteiger partial charge in [0.15, 0.2) is 0 Å². The lowest BCUT2D eigenvalue weighted by atomic mass is 10.1. The van der Waals surface area contributed by atoms with Crippen molar-refractivity contribution in [2.45, 2.75) is 18.7 Å². The molecule has 0 aromatic heterocycles. The zero-order valence-electron chi connectivity index (χ0n) is 8.06. The number of halogens is 1. The molecule has 1 aromatic rings. The van der Waals surface area contributed by atoms with E-state index in [1.807, 2.05) is 13.0 Å². The van der Waals surface area contributed by atoms with Crippen molar-refractivity contribution < 1.29 is 4.74 Å². The van der Waals surface area contributed by atoms with Crippen LogP contribution in [0, 0.1) is 13.8 Å². The van der Waals surface area contributed by atoms with Gasteiger partial charge in [-0.1, -0.05) is 0 Å². The molecule has 0 aliphatic rings. The van der Waals surface area contributed by atoms with E-state index < -0.39 is 0 Å². The van der Waals surface area contributed by atoms with Gasteiger partial charge in [0.1, 0.15) is 5.75 Å². The van der Waals surface area contributed by atoms with Crippen LogP contribution in [0.1, 0.15) is 11.1 Å². The fraction of sp³-hybridized carbons (Fsp3) is 0.400. The first-order valence-electron chi connectivity index (χ1n) is 4.03. The predicted octanol–water partition coefficient (Wildman–Crippen LogP) is 3.60. The van der Waals surface area contributed by atoms with Crippen molar-refractivity contribution in [3.05, 3.63) is 23.3 Å². The fourth-order valence-electron chi connectivity index (χ4n) is 1.20. The molecule has 1 aromatic carbocycles. The van der Waals surface area contributed by atoms with E-state index in [1.165, 1.54) is 10.5 Å². The van der Waals surface area contributed by atoms with Crippen LogP contribution < -0.4 is 4.74 Å². The third-order valence-electron chi connectivity index (χ3n) is 1.90. The molecule has 0 aliphatic heterocycles. The third kappa shape index (κ3) is 2.55. The van der Waals surface area contributed by atoms with Crippen LogP contribution in [-0.4, -0.2) is 12.3 Å². The Balaban J connectivity index is 3.05. The first-order valence-corrected chi connectivity index (χ1v) is 5.55. The van der Waals surface area contributed by atoms with Crippen LogP contribution >= 0.6 is 23.4 Å². The average Bonchev–Trinajstić information content (AvgIpc) is 2.11. The van der Waals surface area contributed by atoms with Gasteiger partial charge >= 0.3 is 0 Å². The van der Waals surface area contributed by atoms with Crippen molar-refractivity contribution in [2.24, 2.45) is 0 Å². The molecule has 0 bridgehead atoms. The second kappa shape index (κ2) is 4.77. The summed E-state index contributed by atoms with van der Waals surface area (Å²) in [5.74, 6) is 0.941. The second-order valence-corrected chi connectivity index (χ2v) is 4.44. The number of benzene rings is 1. The Labute approximate surface area is 88.4 Å². The quantitative estimate of drug-likeness (QED) is 0.564. The van der Waals surface area contributed by atoms with Gasteiger partial charge in [-0.25, -0.2) is 0 Å². The highest BCUT2D eigenvalue weighted by molar-refractivity contribution is 8.00. The van der Waals surface area contributed by atoms with E-state index in [2.05, 4.69) is 13.0 Å². The van der Waals surface area contributed by atoms with Crippen molar-refractivity contribution in [2.75, 3.05) is 12.3 Å². The zero-order valence-corrected chi connectivity index (χ0v) is 9.63. The van der Waals surface area contributed by atoms with Crippen LogP contribution in [0.3, 0.4) is 0 Å². The summed E-state index contributed by atoms with van der Waals surface area (Å²) in [4.78, 5) is 1.23. The number of hydrogen-bond acceptors (Lipinski definition) is 2. The van der Waals surface area contributed by atoms with Crippen LogP contribution in [0.5, 0.6) is 5.75 Å². The van der Waals surface area contributed by atoms with Gasteiger partial charge in [-0.05, 0) is 37.1 Å². The van der Waals surface area contributed by atoms with Crippen molar-refractivity contribution in [3.63, 3.8) is 0 Å². The van der Waals surface area contributed by atoms with Crippen LogP contribution in [0.25, 0.3) is 0 Å². The Morgan fingerprint density at radius 3 is 2.54 bits per heavy atom. The summed E-state index contributed by atoms with van der Waals surface area (Å²) in [6.45, 7) is 4.10. The smallest absolute Gasteiger partial charge is 0.122 e. The van der Waals surface area contributed by atoms with E-state index >= 15 is 0 Å². The Kier molecular flexibility index (Phi) is 3.94. The van der Waals surface area contributed by atoms with Gasteiger partial charge in [0, 0.05) is 4.90 Å². The van der Waals surface area contributed by atoms with Gasteiger partial charge in [0.05, 0.1) is 12.3 Å². The minimum atomic E-state index is 0.590. The van der Waals surface area contributed by atoms with E-state index in [-0.39, 0.29) is 0 Å². The molecule has 0 fully saturated rings. The van der Waals surface area contributed by atoms with Crippen LogP contribution in [0.15, 0.2) is 17.0 Å². The first kappa shape index (κ1) is 10.7. The SMILES string of the molecule is COc1cc(C)c(SCCl)cc1C. The van der Waals surface area contributed by atoms with Gasteiger partial charge in [0.2, 0.25) is 0 Å². The number of alkyl halides is 1. The standard InChI is InChI=1S/C10H13ClOS/c1-7-5-10(13-6-11)8(2)4-9(7)12-3/h4-5H,6H2,1-3H3. The van der Waals surface area contributed by atoms with E-state index in [0.717, 1.165) is 11.3 Å². The Hall–Kier alpha value is -0.340. The van der Waals surface area contributed by atoms with E-state index in [0.29, 0.717) is 5.21 Å². The molecule has 0 saturated heterocycles. The molecule has 1 nitrogen and oxygen atoms in total. The van der Waals surface area contributed by atoms with Crippen molar-refractivity contribution in [1.82, 2.24) is 0 Å². The zero-order chi connectivity index (χ0) is 9.84. The van der Waals surface area contributed by atoms with E-state index in [4.69, 9.17) is 16.3 Å². The highest BCUT2D eigenvalue weighted by Gasteiger charge is 2.04. The van der Waals surface area contributed by atoms with Crippen molar-refractivity contribution in [3.8, 4) is 5.75 Å². The maximum absolute atomic E-state index is 5.67. The van der Waals surface area contributed by atoms with E-state index in [9.17, 15) is 0 Å². The highest BCUT2D eigenvalue weighted by Crippen LogP contribution is 2.29. The molecule has 3 heteroatoms. The number of hydrogen-bond donors (Lipinski definition) is 0. The minimum absolute atomic E-state index is 0.590. The Morgan fingerprint density at radius 1 is 1.31 bits per heavy atom. The lowest BCUT2D eigenvalue weighted by molar-refractivity contribution is 0.411. The fourth-order valence-corrected chi connectivity index (χ4v) is 2.21. The molecule has 1 rings (SSSR count). The molecule has 13 heavy (non-hydrogen) atoms. The summed E-state index contributed by atoms with van der Waals surface area (Å²) in [5, 5.41) is 0.590. The Morgan fingerprint density at radius 2 is 2.00 bits per heavy atom. The average molecular weight is 217 g/mol. The van der Waals surface area contributed by atoms with E-state index in [1.54, 1.807) is 18.9 Å². The normalized spacial score (nSPS) is 10.2. The van der Waals surface area contributed by atoms with Crippen LogP contribution in [0.2, 0.25) is 0 Å². The minimum Gasteiger partial charge on any atom is -0.496 e. The second-order valence-electron chi connectivity index (χ2n) is 2.84. The summed E-state index contributed by atoms with van der Waals surface area (Å²) >= 11 is 7.31. The molecule has 0 aliphatic carbocycles. The lowest BCUT2D eigenvalue weighted by Gasteiger charge is -2.09. The molecule has 0 heterocycles. The topological polar surface area (TPSA) is 9.23 Å². The summed E-state index contributed by atoms with van der Waals surface area (Å²) in [5.41, 5.74) is 2.37.